The molecule has 0 amide bonds. The molecule has 4 rings (SSSR count). The van der Waals surface area contributed by atoms with E-state index in [1.165, 1.54) is 11.1 Å². The van der Waals surface area contributed by atoms with Gasteiger partial charge in [-0.1, -0.05) is 19.1 Å². The van der Waals surface area contributed by atoms with E-state index in [1.807, 2.05) is 19.1 Å². The maximum atomic E-state index is 12.1. The van der Waals surface area contributed by atoms with Gasteiger partial charge in [-0.05, 0) is 74.8 Å². The molecule has 0 saturated carbocycles. The number of esters is 1. The van der Waals surface area contributed by atoms with Crippen molar-refractivity contribution in [3.63, 3.8) is 0 Å². The minimum Gasteiger partial charge on any atom is -0.497 e. The number of likely N-dealkylation sites (tertiary alicyclic amines) is 1. The lowest BCUT2D eigenvalue weighted by atomic mass is 9.58. The van der Waals surface area contributed by atoms with Crippen LogP contribution in [0.5, 0.6) is 11.5 Å². The number of hydrogen-bond donors (Lipinski definition) is 0. The number of benzene rings is 2. The number of likely N-dealkylation sites (N-methyl/N-ethyl adjacent to an activating group) is 1. The fourth-order valence-electron chi connectivity index (χ4n) is 5.15. The summed E-state index contributed by atoms with van der Waals surface area (Å²) in [6.07, 6.45) is 2.10. The summed E-state index contributed by atoms with van der Waals surface area (Å²) in [5.74, 6) is 1.66. The van der Waals surface area contributed by atoms with E-state index in [2.05, 4.69) is 37.1 Å². The lowest BCUT2D eigenvalue weighted by Gasteiger charge is -2.54. The number of carbonyl (C=O) groups excluding carboxylic acids is 1. The van der Waals surface area contributed by atoms with Crippen molar-refractivity contribution in [3.05, 3.63) is 59.2 Å². The molecule has 30 heavy (non-hydrogen) atoms. The second-order valence-corrected chi connectivity index (χ2v) is 8.61. The van der Waals surface area contributed by atoms with Crippen molar-refractivity contribution < 1.29 is 19.0 Å². The average molecular weight is 410 g/mol. The highest BCUT2D eigenvalue weighted by Gasteiger charge is 2.50. The Morgan fingerprint density at radius 3 is 2.80 bits per heavy atom. The number of fused-ring (bicyclic) bond motifs is 4. The predicted molar refractivity (Wildman–Crippen MR) is 116 cm³/mol. The first-order chi connectivity index (χ1) is 14.5. The molecular weight excluding hydrogens is 378 g/mol. The largest absolute Gasteiger partial charge is 0.497 e. The van der Waals surface area contributed by atoms with Gasteiger partial charge < -0.3 is 19.1 Å². The first-order valence-electron chi connectivity index (χ1n) is 10.7. The Bertz CT molecular complexity index is 927. The molecule has 0 aromatic heterocycles. The molecule has 5 nitrogen and oxygen atoms in total. The maximum absolute atomic E-state index is 12.1. The second kappa shape index (κ2) is 8.31. The van der Waals surface area contributed by atoms with Crippen LogP contribution in [0.4, 0.5) is 0 Å². The van der Waals surface area contributed by atoms with Crippen LogP contribution in [-0.4, -0.2) is 50.8 Å². The van der Waals surface area contributed by atoms with Crippen molar-refractivity contribution in [1.29, 1.82) is 0 Å². The van der Waals surface area contributed by atoms with Crippen LogP contribution < -0.4 is 9.47 Å². The Kier molecular flexibility index (Phi) is 5.74. The van der Waals surface area contributed by atoms with Crippen LogP contribution in [0.15, 0.2) is 42.5 Å². The Labute approximate surface area is 178 Å². The highest BCUT2D eigenvalue weighted by molar-refractivity contribution is 5.89. The van der Waals surface area contributed by atoms with Gasteiger partial charge in [-0.3, -0.25) is 0 Å². The molecule has 160 valence electrons. The van der Waals surface area contributed by atoms with Crippen LogP contribution in [0.3, 0.4) is 0 Å². The van der Waals surface area contributed by atoms with Gasteiger partial charge in [-0.15, -0.1) is 0 Å². The van der Waals surface area contributed by atoms with Gasteiger partial charge >= 0.3 is 5.97 Å². The van der Waals surface area contributed by atoms with Crippen LogP contribution in [-0.2, 0) is 16.6 Å². The molecule has 0 spiro atoms. The van der Waals surface area contributed by atoms with E-state index in [0.717, 1.165) is 25.1 Å². The second-order valence-electron chi connectivity index (χ2n) is 8.61. The normalized spacial score (nSPS) is 25.3. The van der Waals surface area contributed by atoms with Crippen LogP contribution in [0.1, 0.15) is 41.8 Å². The van der Waals surface area contributed by atoms with E-state index in [9.17, 15) is 4.79 Å². The maximum Gasteiger partial charge on any atom is 0.338 e. The van der Waals surface area contributed by atoms with Crippen LogP contribution in [0, 0.1) is 5.92 Å². The summed E-state index contributed by atoms with van der Waals surface area (Å²) in [5, 5.41) is 0. The Hall–Kier alpha value is -2.53. The zero-order chi connectivity index (χ0) is 21.3. The molecule has 2 aromatic carbocycles. The number of nitrogens with zero attached hydrogens (tertiary/aromatic N) is 1. The van der Waals surface area contributed by atoms with Gasteiger partial charge in [0.05, 0.1) is 25.9 Å². The number of methoxy groups -OCH3 is 1. The van der Waals surface area contributed by atoms with Crippen molar-refractivity contribution in [1.82, 2.24) is 4.90 Å². The van der Waals surface area contributed by atoms with Crippen LogP contribution in [0.25, 0.3) is 0 Å². The summed E-state index contributed by atoms with van der Waals surface area (Å²) in [6, 6.07) is 14.2. The van der Waals surface area contributed by atoms with Gasteiger partial charge in [0.1, 0.15) is 11.5 Å². The van der Waals surface area contributed by atoms with Gasteiger partial charge in [0.15, 0.2) is 0 Å². The fraction of sp³-hybridized carbons (Fsp3) is 0.480. The monoisotopic (exact) mass is 409 g/mol. The zero-order valence-corrected chi connectivity index (χ0v) is 18.3. The number of ether oxygens (including phenoxy) is 3. The number of hydrogen-bond acceptors (Lipinski definition) is 5. The van der Waals surface area contributed by atoms with E-state index in [4.69, 9.17) is 14.2 Å². The Morgan fingerprint density at radius 2 is 2.03 bits per heavy atom. The van der Waals surface area contributed by atoms with Gasteiger partial charge in [0.2, 0.25) is 0 Å². The molecule has 1 fully saturated rings. The smallest absolute Gasteiger partial charge is 0.338 e. The Morgan fingerprint density at radius 1 is 1.20 bits per heavy atom. The molecule has 2 aromatic rings. The predicted octanol–water partition coefficient (Wildman–Crippen LogP) is 4.09. The summed E-state index contributed by atoms with van der Waals surface area (Å²) in [4.78, 5) is 14.5. The topological polar surface area (TPSA) is 48.0 Å². The molecule has 2 bridgehead atoms. The molecule has 1 saturated heterocycles. The third-order valence-corrected chi connectivity index (χ3v) is 6.97. The number of carbonyl (C=O) groups is 1. The molecule has 5 heteroatoms. The van der Waals surface area contributed by atoms with Crippen LogP contribution >= 0.6 is 0 Å². The number of piperidine rings is 1. The van der Waals surface area contributed by atoms with Crippen molar-refractivity contribution >= 4 is 5.97 Å². The summed E-state index contributed by atoms with van der Waals surface area (Å²) in [6.45, 7) is 6.22. The third kappa shape index (κ3) is 3.67. The van der Waals surface area contributed by atoms with E-state index in [-0.39, 0.29) is 11.4 Å². The quantitative estimate of drug-likeness (QED) is 0.673. The SMILES string of the molecule is CCOC(=O)c1cccc(OCC2C3Cc4ccc(OC)cc4C2(C)CCN3C)c1. The van der Waals surface area contributed by atoms with Crippen molar-refractivity contribution in [2.75, 3.05) is 33.9 Å². The molecule has 1 aliphatic heterocycles. The van der Waals surface area contributed by atoms with E-state index in [1.54, 1.807) is 19.2 Å². The first kappa shape index (κ1) is 20.7. The minimum absolute atomic E-state index is 0.0258. The standard InChI is InChI=1S/C25H31NO4/c1-5-29-24(27)18-7-6-8-20(13-18)30-16-22-23-14-17-9-10-19(28-4)15-21(17)25(22,2)11-12-26(23)3/h6-10,13,15,22-23H,5,11-12,14,16H2,1-4H3. The molecule has 1 aliphatic carbocycles. The lowest BCUT2D eigenvalue weighted by molar-refractivity contribution is 0.0118. The van der Waals surface area contributed by atoms with Gasteiger partial charge in [0.25, 0.3) is 0 Å². The van der Waals surface area contributed by atoms with Gasteiger partial charge in [-0.2, -0.15) is 0 Å². The summed E-state index contributed by atoms with van der Waals surface area (Å²) in [5.41, 5.74) is 3.35. The molecule has 0 N–H and O–H groups in total. The third-order valence-electron chi connectivity index (χ3n) is 6.97. The van der Waals surface area contributed by atoms with Crippen molar-refractivity contribution in [2.45, 2.75) is 38.1 Å². The van der Waals surface area contributed by atoms with E-state index >= 15 is 0 Å². The summed E-state index contributed by atoms with van der Waals surface area (Å²) >= 11 is 0. The molecule has 2 aliphatic rings. The zero-order valence-electron chi connectivity index (χ0n) is 18.3. The molecule has 1 heterocycles. The minimum atomic E-state index is -0.315. The average Bonchev–Trinajstić information content (AvgIpc) is 2.76. The summed E-state index contributed by atoms with van der Waals surface area (Å²) in [7, 11) is 3.94. The van der Waals surface area contributed by atoms with Crippen molar-refractivity contribution in [2.24, 2.45) is 5.92 Å². The number of rotatable bonds is 6. The Balaban J connectivity index is 1.59. The van der Waals surface area contributed by atoms with Crippen LogP contribution in [0.2, 0.25) is 0 Å². The fourth-order valence-corrected chi connectivity index (χ4v) is 5.15. The highest BCUT2D eigenvalue weighted by Crippen LogP contribution is 2.49. The van der Waals surface area contributed by atoms with E-state index in [0.29, 0.717) is 36.5 Å². The van der Waals surface area contributed by atoms with Gasteiger partial charge in [-0.25, -0.2) is 4.79 Å². The molecule has 3 unspecified atom stereocenters. The highest BCUT2D eigenvalue weighted by atomic mass is 16.5. The molecule has 0 radical (unpaired) electrons. The molecule has 3 atom stereocenters. The van der Waals surface area contributed by atoms with Gasteiger partial charge in [0, 0.05) is 17.4 Å². The summed E-state index contributed by atoms with van der Waals surface area (Å²) < 4.78 is 16.9. The molecular formula is C25H31NO4. The van der Waals surface area contributed by atoms with Crippen molar-refractivity contribution in [3.8, 4) is 11.5 Å². The van der Waals surface area contributed by atoms with E-state index < -0.39 is 0 Å². The lowest BCUT2D eigenvalue weighted by Crippen LogP contribution is -2.59. The first-order valence-corrected chi connectivity index (χ1v) is 10.7.